The highest BCUT2D eigenvalue weighted by Gasteiger charge is 2.20. The van der Waals surface area contributed by atoms with E-state index in [1.807, 2.05) is 49.4 Å². The second kappa shape index (κ2) is 9.68. The number of anilines is 1. The molecule has 2 aromatic heterocycles. The van der Waals surface area contributed by atoms with Crippen LogP contribution in [0.1, 0.15) is 12.5 Å². The summed E-state index contributed by atoms with van der Waals surface area (Å²) in [7, 11) is 1.57. The van der Waals surface area contributed by atoms with Crippen LogP contribution < -0.4 is 15.6 Å². The van der Waals surface area contributed by atoms with Gasteiger partial charge in [0.05, 0.1) is 18.6 Å². The molecule has 0 unspecified atom stereocenters. The summed E-state index contributed by atoms with van der Waals surface area (Å²) in [6.45, 7) is 2.04. The van der Waals surface area contributed by atoms with E-state index in [4.69, 9.17) is 14.1 Å². The molecule has 3 aromatic carbocycles. The van der Waals surface area contributed by atoms with E-state index in [1.165, 1.54) is 16.3 Å². The molecule has 7 nitrogen and oxygen atoms in total. The molecule has 8 heteroatoms. The van der Waals surface area contributed by atoms with Crippen LogP contribution in [0.15, 0.2) is 87.2 Å². The van der Waals surface area contributed by atoms with Gasteiger partial charge in [0.25, 0.3) is 0 Å². The van der Waals surface area contributed by atoms with Gasteiger partial charge in [-0.25, -0.2) is 4.98 Å². The van der Waals surface area contributed by atoms with Crippen LogP contribution in [0.4, 0.5) is 5.69 Å². The Morgan fingerprint density at radius 3 is 2.71 bits per heavy atom. The van der Waals surface area contributed by atoms with E-state index in [0.29, 0.717) is 27.7 Å². The number of amides is 1. The number of furan rings is 1. The van der Waals surface area contributed by atoms with Crippen LogP contribution in [-0.4, -0.2) is 28.3 Å². The predicted octanol–water partition coefficient (Wildman–Crippen LogP) is 5.43. The van der Waals surface area contributed by atoms with Gasteiger partial charge in [0.15, 0.2) is 5.16 Å². The lowest BCUT2D eigenvalue weighted by molar-refractivity contribution is -0.113. The van der Waals surface area contributed by atoms with Gasteiger partial charge in [-0.2, -0.15) is 0 Å². The number of fused-ring (bicyclic) bond motifs is 3. The van der Waals surface area contributed by atoms with E-state index in [0.717, 1.165) is 23.1 Å². The number of carbonyl (C=O) groups excluding carboxylic acids is 1. The normalized spacial score (nSPS) is 11.1. The molecule has 0 spiro atoms. The molecule has 35 heavy (non-hydrogen) atoms. The molecule has 0 saturated heterocycles. The highest BCUT2D eigenvalue weighted by atomic mass is 32.2. The van der Waals surface area contributed by atoms with Crippen LogP contribution in [0, 0.1) is 0 Å². The van der Waals surface area contributed by atoms with Gasteiger partial charge in [0, 0.05) is 17.1 Å². The number of thioether (sulfide) groups is 1. The third-order valence-corrected chi connectivity index (χ3v) is 6.62. The highest BCUT2D eigenvalue weighted by molar-refractivity contribution is 7.99. The number of aromatic nitrogens is 2. The van der Waals surface area contributed by atoms with Gasteiger partial charge in [-0.15, -0.1) is 0 Å². The average molecular weight is 486 g/mol. The van der Waals surface area contributed by atoms with Crippen molar-refractivity contribution in [1.82, 2.24) is 9.55 Å². The molecule has 0 saturated carbocycles. The van der Waals surface area contributed by atoms with Crippen molar-refractivity contribution >= 4 is 45.4 Å². The molecule has 0 bridgehead atoms. The van der Waals surface area contributed by atoms with E-state index in [1.54, 1.807) is 37.4 Å². The number of nitrogens with one attached hydrogen (secondary N) is 1. The quantitative estimate of drug-likeness (QED) is 0.244. The van der Waals surface area contributed by atoms with Gasteiger partial charge < -0.3 is 14.5 Å². The van der Waals surface area contributed by atoms with E-state index in [2.05, 4.69) is 5.32 Å². The first-order valence-corrected chi connectivity index (χ1v) is 12.2. The second-order valence-electron chi connectivity index (χ2n) is 7.86. The van der Waals surface area contributed by atoms with Gasteiger partial charge in [-0.1, -0.05) is 55.1 Å². The molecule has 0 aliphatic rings. The average Bonchev–Trinajstić information content (AvgIpc) is 3.27. The molecule has 0 radical (unpaired) electrons. The van der Waals surface area contributed by atoms with Crippen LogP contribution in [0.5, 0.6) is 5.75 Å². The molecule has 5 rings (SSSR count). The van der Waals surface area contributed by atoms with Crippen molar-refractivity contribution in [3.63, 3.8) is 0 Å². The fraction of sp³-hybridized carbons (Fsp3) is 0.148. The van der Waals surface area contributed by atoms with Crippen LogP contribution in [0.2, 0.25) is 0 Å². The number of hydrogen-bond donors (Lipinski definition) is 1. The van der Waals surface area contributed by atoms with E-state index < -0.39 is 0 Å². The van der Waals surface area contributed by atoms with Crippen LogP contribution >= 0.6 is 11.8 Å². The Morgan fingerprint density at radius 2 is 1.89 bits per heavy atom. The summed E-state index contributed by atoms with van der Waals surface area (Å²) < 4.78 is 12.7. The van der Waals surface area contributed by atoms with Crippen molar-refractivity contribution in [3.05, 3.63) is 88.7 Å². The molecule has 176 valence electrons. The summed E-state index contributed by atoms with van der Waals surface area (Å²) in [5.74, 6) is 0.499. The lowest BCUT2D eigenvalue weighted by Gasteiger charge is -2.13. The number of para-hydroxylation sites is 2. The maximum absolute atomic E-state index is 13.6. The molecule has 0 fully saturated rings. The highest BCUT2D eigenvalue weighted by Crippen LogP contribution is 2.29. The number of hydrogen-bond acceptors (Lipinski definition) is 6. The minimum atomic E-state index is -0.348. The largest absolute Gasteiger partial charge is 0.497 e. The van der Waals surface area contributed by atoms with Gasteiger partial charge in [0.1, 0.15) is 16.8 Å². The fourth-order valence-electron chi connectivity index (χ4n) is 3.96. The standard InChI is InChI=1S/C27H23N3O4S/c1-3-17-9-4-6-13-21(17)28-23(31)16-35-27-29-24-20-12-5-7-14-22(20)34-25(24)26(32)30(27)18-10-8-11-19(15-18)33-2/h4-15H,3,16H2,1-2H3,(H,28,31). The van der Waals surface area contributed by atoms with Crippen molar-refractivity contribution in [1.29, 1.82) is 0 Å². The lowest BCUT2D eigenvalue weighted by atomic mass is 10.1. The van der Waals surface area contributed by atoms with Gasteiger partial charge in [-0.05, 0) is 42.3 Å². The smallest absolute Gasteiger partial charge is 0.302 e. The zero-order valence-corrected chi connectivity index (χ0v) is 20.1. The summed E-state index contributed by atoms with van der Waals surface area (Å²) in [5, 5.41) is 4.11. The molecular weight excluding hydrogens is 462 g/mol. The van der Waals surface area contributed by atoms with Gasteiger partial charge in [0.2, 0.25) is 11.5 Å². The molecule has 1 N–H and O–H groups in total. The number of aryl methyl sites for hydroxylation is 1. The number of benzene rings is 3. The van der Waals surface area contributed by atoms with E-state index >= 15 is 0 Å². The third-order valence-electron chi connectivity index (χ3n) is 5.68. The molecule has 0 aliphatic carbocycles. The monoisotopic (exact) mass is 485 g/mol. The third kappa shape index (κ3) is 4.40. The lowest BCUT2D eigenvalue weighted by Crippen LogP contribution is -2.22. The number of ether oxygens (including phenoxy) is 1. The fourth-order valence-corrected chi connectivity index (χ4v) is 4.77. The van der Waals surface area contributed by atoms with Gasteiger partial charge in [-0.3, -0.25) is 14.2 Å². The maximum atomic E-state index is 13.6. The Balaban J connectivity index is 1.56. The van der Waals surface area contributed by atoms with E-state index in [9.17, 15) is 9.59 Å². The number of methoxy groups -OCH3 is 1. The SMILES string of the molecule is CCc1ccccc1NC(=O)CSc1nc2c(oc3ccccc32)c(=O)n1-c1cccc(OC)c1. The summed E-state index contributed by atoms with van der Waals surface area (Å²) in [5.41, 5.74) is 3.30. The van der Waals surface area contributed by atoms with Gasteiger partial charge >= 0.3 is 5.56 Å². The van der Waals surface area contributed by atoms with Crippen molar-refractivity contribution in [2.75, 3.05) is 18.2 Å². The first-order chi connectivity index (χ1) is 17.1. The predicted molar refractivity (Wildman–Crippen MR) is 139 cm³/mol. The zero-order valence-electron chi connectivity index (χ0n) is 19.3. The Bertz CT molecular complexity index is 1610. The Hall–Kier alpha value is -4.04. The second-order valence-corrected chi connectivity index (χ2v) is 8.80. The van der Waals surface area contributed by atoms with Crippen molar-refractivity contribution in [3.8, 4) is 11.4 Å². The minimum Gasteiger partial charge on any atom is -0.497 e. The van der Waals surface area contributed by atoms with E-state index in [-0.39, 0.29) is 22.8 Å². The Kier molecular flexibility index (Phi) is 6.29. The molecule has 5 aromatic rings. The molecule has 0 aliphatic heterocycles. The van der Waals surface area contributed by atoms with Crippen molar-refractivity contribution in [2.24, 2.45) is 0 Å². The summed E-state index contributed by atoms with van der Waals surface area (Å²) in [6, 6.07) is 22.2. The first-order valence-electron chi connectivity index (χ1n) is 11.2. The van der Waals surface area contributed by atoms with Crippen LogP contribution in [0.3, 0.4) is 0 Å². The van der Waals surface area contributed by atoms with Crippen LogP contribution in [0.25, 0.3) is 27.8 Å². The van der Waals surface area contributed by atoms with Crippen LogP contribution in [-0.2, 0) is 11.2 Å². The number of rotatable bonds is 7. The zero-order chi connectivity index (χ0) is 24.4. The molecular formula is C27H23N3O4S. The Labute approximate surface area is 205 Å². The summed E-state index contributed by atoms with van der Waals surface area (Å²) >= 11 is 1.19. The minimum absolute atomic E-state index is 0.0791. The maximum Gasteiger partial charge on any atom is 0.302 e. The van der Waals surface area contributed by atoms with Crippen molar-refractivity contribution < 1.29 is 13.9 Å². The number of nitrogens with zero attached hydrogens (tertiary/aromatic N) is 2. The summed E-state index contributed by atoms with van der Waals surface area (Å²) in [4.78, 5) is 31.2. The molecule has 0 atom stereocenters. The van der Waals surface area contributed by atoms with Crippen molar-refractivity contribution in [2.45, 2.75) is 18.5 Å². The Morgan fingerprint density at radius 1 is 1.09 bits per heavy atom. The molecule has 1 amide bonds. The topological polar surface area (TPSA) is 86.4 Å². The summed E-state index contributed by atoms with van der Waals surface area (Å²) in [6.07, 6.45) is 0.810. The molecule has 2 heterocycles. The number of carbonyl (C=O) groups is 1. The first kappa shape index (κ1) is 22.7.